The fourth-order valence-electron chi connectivity index (χ4n) is 1.41. The maximum atomic E-state index is 5.37. The van der Waals surface area contributed by atoms with E-state index in [1.54, 1.807) is 0 Å². The average Bonchev–Trinajstić information content (AvgIpc) is 1.88. The Hall–Kier alpha value is -0.0800. The van der Waals surface area contributed by atoms with E-state index in [0.29, 0.717) is 12.0 Å². The van der Waals surface area contributed by atoms with Crippen LogP contribution in [0.2, 0.25) is 0 Å². The van der Waals surface area contributed by atoms with Gasteiger partial charge in [-0.05, 0) is 13.0 Å². The Morgan fingerprint density at radius 2 is 2.20 bits per heavy atom. The van der Waals surface area contributed by atoms with Gasteiger partial charge in [0.2, 0.25) is 0 Å². The number of likely N-dealkylation sites (N-methyl/N-ethyl adjacent to an activating group) is 1. The van der Waals surface area contributed by atoms with Crippen molar-refractivity contribution in [1.82, 2.24) is 4.90 Å². The van der Waals surface area contributed by atoms with E-state index < -0.39 is 0 Å². The first kappa shape index (κ1) is 8.02. The minimum Gasteiger partial charge on any atom is -0.378 e. The third-order valence-electron chi connectivity index (χ3n) is 2.21. The quantitative estimate of drug-likeness (QED) is 0.542. The van der Waals surface area contributed by atoms with Crippen LogP contribution in [0.1, 0.15) is 13.8 Å². The zero-order valence-corrected chi connectivity index (χ0v) is 7.13. The van der Waals surface area contributed by atoms with Gasteiger partial charge in [0.25, 0.3) is 0 Å². The second-order valence-corrected chi connectivity index (χ2v) is 3.37. The molecule has 1 aliphatic rings. The molecule has 2 heteroatoms. The van der Waals surface area contributed by atoms with Gasteiger partial charge in [-0.3, -0.25) is 4.90 Å². The first-order valence-corrected chi connectivity index (χ1v) is 4.00. The first-order valence-electron chi connectivity index (χ1n) is 4.00. The topological polar surface area (TPSA) is 12.5 Å². The largest absolute Gasteiger partial charge is 0.378 e. The summed E-state index contributed by atoms with van der Waals surface area (Å²) in [5.74, 6) is 0.713. The Balaban J connectivity index is 2.40. The molecule has 0 bridgehead atoms. The van der Waals surface area contributed by atoms with Crippen molar-refractivity contribution < 1.29 is 4.74 Å². The summed E-state index contributed by atoms with van der Waals surface area (Å²) in [4.78, 5) is 2.38. The minimum absolute atomic E-state index is 0.633. The van der Waals surface area contributed by atoms with E-state index in [0.717, 1.165) is 19.8 Å². The standard InChI is InChI=1S/C8H17NO/c1-7(2)8-6-10-5-4-9(8)3/h7-8H,4-6H2,1-3H3/t8-/m1/s1. The van der Waals surface area contributed by atoms with E-state index in [9.17, 15) is 0 Å². The Kier molecular flexibility index (Phi) is 2.69. The molecular formula is C8H17NO. The van der Waals surface area contributed by atoms with Crippen molar-refractivity contribution in [2.24, 2.45) is 5.92 Å². The number of rotatable bonds is 1. The molecule has 0 radical (unpaired) electrons. The van der Waals surface area contributed by atoms with Gasteiger partial charge in [0.05, 0.1) is 13.2 Å². The third-order valence-corrected chi connectivity index (χ3v) is 2.21. The maximum Gasteiger partial charge on any atom is 0.0624 e. The van der Waals surface area contributed by atoms with E-state index in [2.05, 4.69) is 25.8 Å². The lowest BCUT2D eigenvalue weighted by Crippen LogP contribution is -2.45. The van der Waals surface area contributed by atoms with Crippen molar-refractivity contribution in [3.63, 3.8) is 0 Å². The van der Waals surface area contributed by atoms with E-state index >= 15 is 0 Å². The van der Waals surface area contributed by atoms with Crippen LogP contribution in [-0.2, 0) is 4.74 Å². The van der Waals surface area contributed by atoms with Gasteiger partial charge in [-0.1, -0.05) is 13.8 Å². The fourth-order valence-corrected chi connectivity index (χ4v) is 1.41. The normalized spacial score (nSPS) is 29.4. The molecule has 1 rings (SSSR count). The SMILES string of the molecule is CC(C)[C@H]1COCCN1C. The van der Waals surface area contributed by atoms with Gasteiger partial charge in [0.15, 0.2) is 0 Å². The summed E-state index contributed by atoms with van der Waals surface area (Å²) in [5, 5.41) is 0. The van der Waals surface area contributed by atoms with Crippen molar-refractivity contribution in [3.05, 3.63) is 0 Å². The molecule has 1 atom stereocenters. The lowest BCUT2D eigenvalue weighted by molar-refractivity contribution is -0.0111. The van der Waals surface area contributed by atoms with Crippen molar-refractivity contribution >= 4 is 0 Å². The van der Waals surface area contributed by atoms with E-state index in [1.807, 2.05) is 0 Å². The van der Waals surface area contributed by atoms with Crippen LogP contribution < -0.4 is 0 Å². The summed E-state index contributed by atoms with van der Waals surface area (Å²) in [7, 11) is 2.17. The average molecular weight is 143 g/mol. The molecule has 1 fully saturated rings. The molecule has 0 spiro atoms. The summed E-state index contributed by atoms with van der Waals surface area (Å²) >= 11 is 0. The summed E-state index contributed by atoms with van der Waals surface area (Å²) in [5.41, 5.74) is 0. The van der Waals surface area contributed by atoms with Gasteiger partial charge in [-0.2, -0.15) is 0 Å². The van der Waals surface area contributed by atoms with E-state index in [4.69, 9.17) is 4.74 Å². The molecule has 0 aliphatic carbocycles. The molecule has 0 N–H and O–H groups in total. The van der Waals surface area contributed by atoms with Gasteiger partial charge < -0.3 is 4.74 Å². The molecule has 0 aromatic heterocycles. The zero-order chi connectivity index (χ0) is 7.56. The second-order valence-electron chi connectivity index (χ2n) is 3.37. The molecule has 1 heterocycles. The van der Waals surface area contributed by atoms with Gasteiger partial charge in [0.1, 0.15) is 0 Å². The number of morpholine rings is 1. The maximum absolute atomic E-state index is 5.37. The summed E-state index contributed by atoms with van der Waals surface area (Å²) in [6.07, 6.45) is 0. The van der Waals surface area contributed by atoms with Crippen LogP contribution in [0.5, 0.6) is 0 Å². The highest BCUT2D eigenvalue weighted by molar-refractivity contribution is 4.74. The number of nitrogens with zero attached hydrogens (tertiary/aromatic N) is 1. The number of hydrogen-bond acceptors (Lipinski definition) is 2. The molecule has 1 aliphatic heterocycles. The Morgan fingerprint density at radius 3 is 2.60 bits per heavy atom. The molecular weight excluding hydrogens is 126 g/mol. The monoisotopic (exact) mass is 143 g/mol. The number of hydrogen-bond donors (Lipinski definition) is 0. The van der Waals surface area contributed by atoms with Crippen LogP contribution in [0.15, 0.2) is 0 Å². The van der Waals surface area contributed by atoms with Crippen LogP contribution in [0.4, 0.5) is 0 Å². The van der Waals surface area contributed by atoms with Crippen LogP contribution in [0.25, 0.3) is 0 Å². The molecule has 0 aromatic carbocycles. The van der Waals surface area contributed by atoms with Crippen LogP contribution in [0.3, 0.4) is 0 Å². The highest BCUT2D eigenvalue weighted by atomic mass is 16.5. The predicted molar refractivity (Wildman–Crippen MR) is 42.1 cm³/mol. The highest BCUT2D eigenvalue weighted by Gasteiger charge is 2.21. The smallest absolute Gasteiger partial charge is 0.0624 e. The molecule has 0 unspecified atom stereocenters. The summed E-state index contributed by atoms with van der Waals surface area (Å²) < 4.78 is 5.37. The van der Waals surface area contributed by atoms with Gasteiger partial charge >= 0.3 is 0 Å². The fraction of sp³-hybridized carbons (Fsp3) is 1.00. The lowest BCUT2D eigenvalue weighted by Gasteiger charge is -2.34. The van der Waals surface area contributed by atoms with Crippen LogP contribution in [0, 0.1) is 5.92 Å². The Bertz CT molecular complexity index is 103. The van der Waals surface area contributed by atoms with Crippen molar-refractivity contribution in [3.8, 4) is 0 Å². The third kappa shape index (κ3) is 1.70. The molecule has 60 valence electrons. The highest BCUT2D eigenvalue weighted by Crippen LogP contribution is 2.12. The second kappa shape index (κ2) is 3.35. The molecule has 1 saturated heterocycles. The van der Waals surface area contributed by atoms with E-state index in [1.165, 1.54) is 0 Å². The molecule has 10 heavy (non-hydrogen) atoms. The van der Waals surface area contributed by atoms with Gasteiger partial charge in [-0.15, -0.1) is 0 Å². The van der Waals surface area contributed by atoms with Crippen molar-refractivity contribution in [2.75, 3.05) is 26.8 Å². The molecule has 0 saturated carbocycles. The summed E-state index contributed by atoms with van der Waals surface area (Å²) in [6.45, 7) is 7.39. The minimum atomic E-state index is 0.633. The zero-order valence-electron chi connectivity index (χ0n) is 7.13. The predicted octanol–water partition coefficient (Wildman–Crippen LogP) is 0.973. The Labute approximate surface area is 63.2 Å². The summed E-state index contributed by atoms with van der Waals surface area (Å²) in [6, 6.07) is 0.633. The number of ether oxygens (including phenoxy) is 1. The molecule has 0 aromatic rings. The molecule has 2 nitrogen and oxygen atoms in total. The Morgan fingerprint density at radius 1 is 1.50 bits per heavy atom. The van der Waals surface area contributed by atoms with Crippen LogP contribution in [-0.4, -0.2) is 37.7 Å². The first-order chi connectivity index (χ1) is 4.72. The van der Waals surface area contributed by atoms with Crippen LogP contribution >= 0.6 is 0 Å². The molecule has 0 amide bonds. The van der Waals surface area contributed by atoms with Gasteiger partial charge in [0, 0.05) is 12.6 Å². The lowest BCUT2D eigenvalue weighted by atomic mass is 10.0. The van der Waals surface area contributed by atoms with E-state index in [-0.39, 0.29) is 0 Å². The van der Waals surface area contributed by atoms with Crippen molar-refractivity contribution in [1.29, 1.82) is 0 Å². The van der Waals surface area contributed by atoms with Gasteiger partial charge in [-0.25, -0.2) is 0 Å². The van der Waals surface area contributed by atoms with Crippen molar-refractivity contribution in [2.45, 2.75) is 19.9 Å².